The lowest BCUT2D eigenvalue weighted by molar-refractivity contribution is 0.680. The van der Waals surface area contributed by atoms with Crippen molar-refractivity contribution >= 4 is 51.0 Å². The number of halogens is 2. The van der Waals surface area contributed by atoms with Gasteiger partial charge in [-0.1, -0.05) is 23.2 Å². The van der Waals surface area contributed by atoms with Crippen LogP contribution >= 0.6 is 23.2 Å². The van der Waals surface area contributed by atoms with Gasteiger partial charge in [-0.2, -0.15) is 0 Å². The van der Waals surface area contributed by atoms with Crippen LogP contribution in [0.2, 0.25) is 10.0 Å². The Morgan fingerprint density at radius 1 is 1.41 bits per heavy atom. The number of fused-ring (bicyclic) bond motifs is 1. The van der Waals surface area contributed by atoms with E-state index in [-0.39, 0.29) is 0 Å². The van der Waals surface area contributed by atoms with Gasteiger partial charge in [-0.25, -0.2) is 4.98 Å². The maximum absolute atomic E-state index is 11.1. The molecule has 1 aromatic heterocycles. The van der Waals surface area contributed by atoms with Gasteiger partial charge in [-0.05, 0) is 12.1 Å². The summed E-state index contributed by atoms with van der Waals surface area (Å²) in [5.41, 5.74) is 7.31. The van der Waals surface area contributed by atoms with E-state index in [2.05, 4.69) is 4.98 Å². The summed E-state index contributed by atoms with van der Waals surface area (Å²) in [7, 11) is -0.874. The Hall–Kier alpha value is -0.780. The second-order valence-electron chi connectivity index (χ2n) is 3.65. The zero-order chi connectivity index (χ0) is 12.6. The van der Waals surface area contributed by atoms with Crippen molar-refractivity contribution in [3.8, 4) is 0 Å². The molecule has 0 amide bonds. The second kappa shape index (κ2) is 4.84. The van der Waals surface area contributed by atoms with E-state index in [0.717, 1.165) is 5.52 Å². The minimum absolute atomic E-state index is 0.379. The molecule has 2 N–H and O–H groups in total. The zero-order valence-electron chi connectivity index (χ0n) is 9.11. The number of aromatic nitrogens is 2. The highest BCUT2D eigenvalue weighted by Crippen LogP contribution is 2.28. The lowest BCUT2D eigenvalue weighted by atomic mass is 10.3. The Kier molecular flexibility index (Phi) is 3.61. The van der Waals surface area contributed by atoms with Crippen LogP contribution in [0.1, 0.15) is 0 Å². The minimum atomic E-state index is -0.874. The molecule has 0 aliphatic rings. The number of hydrogen-bond donors (Lipinski definition) is 1. The predicted octanol–water partition coefficient (Wildman–Crippen LogP) is 2.30. The van der Waals surface area contributed by atoms with Crippen molar-refractivity contribution in [2.45, 2.75) is 6.54 Å². The fourth-order valence-electron chi connectivity index (χ4n) is 1.59. The Morgan fingerprint density at radius 2 is 2.06 bits per heavy atom. The van der Waals surface area contributed by atoms with Crippen LogP contribution in [-0.4, -0.2) is 25.8 Å². The van der Waals surface area contributed by atoms with E-state index >= 15 is 0 Å². The average Bonchev–Trinajstić information content (AvgIpc) is 2.52. The maximum Gasteiger partial charge on any atom is 0.201 e. The molecule has 92 valence electrons. The largest absolute Gasteiger partial charge is 0.369 e. The SMILES string of the molecule is CS(=O)CCn1c(N)nc2cc(Cl)c(Cl)cc21. The maximum atomic E-state index is 11.1. The molecule has 0 spiro atoms. The molecule has 1 atom stereocenters. The summed E-state index contributed by atoms with van der Waals surface area (Å²) < 4.78 is 12.9. The lowest BCUT2D eigenvalue weighted by Crippen LogP contribution is -2.09. The van der Waals surface area contributed by atoms with Crippen molar-refractivity contribution in [2.75, 3.05) is 17.7 Å². The van der Waals surface area contributed by atoms with Crippen LogP contribution in [0.15, 0.2) is 12.1 Å². The Morgan fingerprint density at radius 3 is 2.71 bits per heavy atom. The highest BCUT2D eigenvalue weighted by atomic mass is 35.5. The molecular weight excluding hydrogens is 281 g/mol. The van der Waals surface area contributed by atoms with Crippen LogP contribution < -0.4 is 5.73 Å². The molecule has 17 heavy (non-hydrogen) atoms. The van der Waals surface area contributed by atoms with Crippen LogP contribution in [0.3, 0.4) is 0 Å². The predicted molar refractivity (Wildman–Crippen MR) is 73.1 cm³/mol. The summed E-state index contributed by atoms with van der Waals surface area (Å²) in [6, 6.07) is 3.40. The number of imidazole rings is 1. The third-order valence-electron chi connectivity index (χ3n) is 2.42. The van der Waals surface area contributed by atoms with E-state index in [1.54, 1.807) is 23.0 Å². The zero-order valence-corrected chi connectivity index (χ0v) is 11.4. The Bertz CT molecular complexity index is 597. The first-order valence-electron chi connectivity index (χ1n) is 4.90. The number of rotatable bonds is 3. The quantitative estimate of drug-likeness (QED) is 0.944. The van der Waals surface area contributed by atoms with Gasteiger partial charge in [0, 0.05) is 29.4 Å². The van der Waals surface area contributed by atoms with Crippen molar-refractivity contribution < 1.29 is 4.21 Å². The van der Waals surface area contributed by atoms with E-state index in [9.17, 15) is 4.21 Å². The first kappa shape index (κ1) is 12.7. The molecule has 0 saturated carbocycles. The molecule has 0 aliphatic carbocycles. The van der Waals surface area contributed by atoms with E-state index in [1.807, 2.05) is 0 Å². The normalized spacial score (nSPS) is 13.1. The number of hydrogen-bond acceptors (Lipinski definition) is 3. The molecule has 0 aliphatic heterocycles. The Balaban J connectivity index is 2.50. The van der Waals surface area contributed by atoms with Gasteiger partial charge in [0.25, 0.3) is 0 Å². The van der Waals surface area contributed by atoms with Gasteiger partial charge in [0.1, 0.15) is 0 Å². The highest BCUT2D eigenvalue weighted by Gasteiger charge is 2.11. The molecular formula is C10H11Cl2N3OS. The van der Waals surface area contributed by atoms with Crippen molar-refractivity contribution in [3.63, 3.8) is 0 Å². The molecule has 2 aromatic rings. The fourth-order valence-corrected chi connectivity index (χ4v) is 2.35. The summed E-state index contributed by atoms with van der Waals surface area (Å²) in [5.74, 6) is 0.902. The number of benzene rings is 1. The van der Waals surface area contributed by atoms with Gasteiger partial charge in [0.15, 0.2) is 0 Å². The fraction of sp³-hybridized carbons (Fsp3) is 0.300. The molecule has 1 aromatic carbocycles. The van der Waals surface area contributed by atoms with Gasteiger partial charge >= 0.3 is 0 Å². The summed E-state index contributed by atoms with van der Waals surface area (Å²) in [6.07, 6.45) is 1.65. The number of nitrogen functional groups attached to an aromatic ring is 1. The van der Waals surface area contributed by atoms with Crippen LogP contribution in [0, 0.1) is 0 Å². The van der Waals surface area contributed by atoms with Gasteiger partial charge < -0.3 is 10.3 Å². The van der Waals surface area contributed by atoms with Crippen molar-refractivity contribution in [1.29, 1.82) is 0 Å². The molecule has 0 bridgehead atoms. The highest BCUT2D eigenvalue weighted by molar-refractivity contribution is 7.84. The minimum Gasteiger partial charge on any atom is -0.369 e. The number of anilines is 1. The lowest BCUT2D eigenvalue weighted by Gasteiger charge is -2.05. The van der Waals surface area contributed by atoms with E-state index in [1.165, 1.54) is 0 Å². The van der Waals surface area contributed by atoms with Crippen LogP contribution in [0.5, 0.6) is 0 Å². The van der Waals surface area contributed by atoms with Crippen LogP contribution in [0.4, 0.5) is 5.95 Å². The number of nitrogens with zero attached hydrogens (tertiary/aromatic N) is 2. The summed E-state index contributed by atoms with van der Waals surface area (Å²) >= 11 is 11.9. The summed E-state index contributed by atoms with van der Waals surface area (Å²) in [6.45, 7) is 0.545. The number of nitrogens with two attached hydrogens (primary N) is 1. The van der Waals surface area contributed by atoms with E-state index in [4.69, 9.17) is 28.9 Å². The molecule has 4 nitrogen and oxygen atoms in total. The van der Waals surface area contributed by atoms with Gasteiger partial charge in [-0.15, -0.1) is 0 Å². The van der Waals surface area contributed by atoms with Gasteiger partial charge in [0.2, 0.25) is 5.95 Å². The van der Waals surface area contributed by atoms with Gasteiger partial charge in [-0.3, -0.25) is 4.21 Å². The first-order valence-corrected chi connectivity index (χ1v) is 7.38. The van der Waals surface area contributed by atoms with Gasteiger partial charge in [0.05, 0.1) is 21.1 Å². The standard InChI is InChI=1S/C10H11Cl2N3OS/c1-17(16)3-2-15-9-5-7(12)6(11)4-8(9)14-10(15)13/h4-5H,2-3H2,1H3,(H2,13,14). The van der Waals surface area contributed by atoms with E-state index < -0.39 is 10.8 Å². The third kappa shape index (κ3) is 2.56. The molecule has 7 heteroatoms. The van der Waals surface area contributed by atoms with Crippen molar-refractivity contribution in [2.24, 2.45) is 0 Å². The molecule has 0 saturated heterocycles. The van der Waals surface area contributed by atoms with Crippen molar-refractivity contribution in [3.05, 3.63) is 22.2 Å². The first-order chi connectivity index (χ1) is 7.99. The molecule has 0 fully saturated rings. The smallest absolute Gasteiger partial charge is 0.201 e. The molecule has 0 radical (unpaired) electrons. The second-order valence-corrected chi connectivity index (χ2v) is 6.02. The summed E-state index contributed by atoms with van der Waals surface area (Å²) in [5, 5.41) is 0.904. The molecule has 1 unspecified atom stereocenters. The average molecular weight is 292 g/mol. The van der Waals surface area contributed by atoms with Crippen LogP contribution in [0.25, 0.3) is 11.0 Å². The Labute approximate surface area is 111 Å². The molecule has 1 heterocycles. The van der Waals surface area contributed by atoms with E-state index in [0.29, 0.717) is 33.8 Å². The summed E-state index contributed by atoms with van der Waals surface area (Å²) in [4.78, 5) is 4.19. The number of aryl methyl sites for hydroxylation is 1. The topological polar surface area (TPSA) is 60.9 Å². The van der Waals surface area contributed by atoms with Crippen LogP contribution in [-0.2, 0) is 17.3 Å². The van der Waals surface area contributed by atoms with Crippen molar-refractivity contribution in [1.82, 2.24) is 9.55 Å². The monoisotopic (exact) mass is 291 g/mol. The third-order valence-corrected chi connectivity index (χ3v) is 3.90. The molecule has 2 rings (SSSR count).